The molecule has 6 heteroatoms. The van der Waals surface area contributed by atoms with Gasteiger partial charge in [-0.25, -0.2) is 4.98 Å². The van der Waals surface area contributed by atoms with Crippen molar-refractivity contribution in [3.05, 3.63) is 59.4 Å². The number of morpholine rings is 1. The smallest absolute Gasteiger partial charge is 0.274 e. The van der Waals surface area contributed by atoms with E-state index in [-0.39, 0.29) is 5.91 Å². The molecule has 3 aromatic rings. The van der Waals surface area contributed by atoms with Crippen molar-refractivity contribution < 1.29 is 9.53 Å². The maximum Gasteiger partial charge on any atom is 0.274 e. The van der Waals surface area contributed by atoms with Crippen LogP contribution in [0, 0.1) is 0 Å². The molecule has 1 aliphatic heterocycles. The summed E-state index contributed by atoms with van der Waals surface area (Å²) in [6.45, 7) is 2.31. The lowest BCUT2D eigenvalue weighted by Gasteiger charge is -2.26. The third-order valence-electron chi connectivity index (χ3n) is 4.15. The summed E-state index contributed by atoms with van der Waals surface area (Å²) in [7, 11) is 0. The number of amides is 1. The first-order valence-corrected chi connectivity index (χ1v) is 8.22. The highest BCUT2D eigenvalue weighted by Crippen LogP contribution is 2.27. The number of halogens is 1. The molecule has 122 valence electrons. The van der Waals surface area contributed by atoms with Crippen molar-refractivity contribution in [1.82, 2.24) is 14.3 Å². The number of nitrogens with zero attached hydrogens (tertiary/aromatic N) is 3. The van der Waals surface area contributed by atoms with Crippen molar-refractivity contribution in [2.45, 2.75) is 0 Å². The van der Waals surface area contributed by atoms with E-state index in [0.717, 1.165) is 16.9 Å². The summed E-state index contributed by atoms with van der Waals surface area (Å²) in [5.74, 6) is -0.0630. The zero-order valence-electron chi connectivity index (χ0n) is 13.0. The van der Waals surface area contributed by atoms with Crippen molar-refractivity contribution in [2.75, 3.05) is 26.3 Å². The van der Waals surface area contributed by atoms with E-state index in [1.54, 1.807) is 4.90 Å². The summed E-state index contributed by atoms with van der Waals surface area (Å²) in [5, 5.41) is 0.661. The minimum atomic E-state index is -0.0630. The Morgan fingerprint density at radius 3 is 2.58 bits per heavy atom. The average Bonchev–Trinajstić information content (AvgIpc) is 3.02. The molecule has 2 aromatic heterocycles. The number of hydrogen-bond acceptors (Lipinski definition) is 3. The minimum absolute atomic E-state index is 0.0630. The van der Waals surface area contributed by atoms with Crippen LogP contribution >= 0.6 is 11.6 Å². The summed E-state index contributed by atoms with van der Waals surface area (Å²) < 4.78 is 7.28. The number of aromatic nitrogens is 2. The van der Waals surface area contributed by atoms with Crippen molar-refractivity contribution in [3.63, 3.8) is 0 Å². The molecule has 0 unspecified atom stereocenters. The fourth-order valence-corrected chi connectivity index (χ4v) is 3.07. The van der Waals surface area contributed by atoms with Crippen LogP contribution in [0.4, 0.5) is 0 Å². The Labute approximate surface area is 144 Å². The molecule has 1 fully saturated rings. The van der Waals surface area contributed by atoms with Crippen LogP contribution in [0.3, 0.4) is 0 Å². The number of hydrogen-bond donors (Lipinski definition) is 0. The molecule has 0 bridgehead atoms. The number of ether oxygens (including phenoxy) is 1. The Morgan fingerprint density at radius 1 is 1.08 bits per heavy atom. The van der Waals surface area contributed by atoms with Crippen molar-refractivity contribution in [3.8, 4) is 11.3 Å². The lowest BCUT2D eigenvalue weighted by Crippen LogP contribution is -2.41. The third-order valence-corrected chi connectivity index (χ3v) is 4.40. The number of fused-ring (bicyclic) bond motifs is 1. The zero-order valence-corrected chi connectivity index (χ0v) is 13.7. The number of carbonyl (C=O) groups is 1. The van der Waals surface area contributed by atoms with Gasteiger partial charge >= 0.3 is 0 Å². The van der Waals surface area contributed by atoms with Crippen LogP contribution in [0.2, 0.25) is 5.02 Å². The molecule has 1 saturated heterocycles. The zero-order chi connectivity index (χ0) is 16.5. The van der Waals surface area contributed by atoms with E-state index in [2.05, 4.69) is 4.98 Å². The fourth-order valence-electron chi connectivity index (χ4n) is 2.94. The molecule has 0 N–H and O–H groups in total. The van der Waals surface area contributed by atoms with Gasteiger partial charge in [0.05, 0.1) is 18.9 Å². The quantitative estimate of drug-likeness (QED) is 0.719. The van der Waals surface area contributed by atoms with E-state index in [9.17, 15) is 4.79 Å². The second-order valence-electron chi connectivity index (χ2n) is 5.65. The van der Waals surface area contributed by atoms with Crippen LogP contribution in [0.15, 0.2) is 48.7 Å². The van der Waals surface area contributed by atoms with E-state index in [0.29, 0.717) is 37.0 Å². The first kappa shape index (κ1) is 15.2. The second kappa shape index (κ2) is 6.26. The van der Waals surface area contributed by atoms with Gasteiger partial charge < -0.3 is 9.64 Å². The van der Waals surface area contributed by atoms with Gasteiger partial charge in [0.2, 0.25) is 0 Å². The minimum Gasteiger partial charge on any atom is -0.378 e. The third kappa shape index (κ3) is 2.66. The van der Waals surface area contributed by atoms with Gasteiger partial charge in [-0.3, -0.25) is 9.20 Å². The average molecular weight is 342 g/mol. The van der Waals surface area contributed by atoms with Gasteiger partial charge in [-0.05, 0) is 24.3 Å². The SMILES string of the molecule is O=C(c1nc2ccccn2c1-c1ccc(Cl)cc1)N1CCOCC1. The molecule has 1 amide bonds. The van der Waals surface area contributed by atoms with Gasteiger partial charge in [-0.2, -0.15) is 0 Å². The normalized spacial score (nSPS) is 15.0. The molecule has 0 atom stereocenters. The van der Waals surface area contributed by atoms with E-state index < -0.39 is 0 Å². The van der Waals surface area contributed by atoms with Crippen molar-refractivity contribution in [2.24, 2.45) is 0 Å². The molecular formula is C18H16ClN3O2. The highest BCUT2D eigenvalue weighted by molar-refractivity contribution is 6.30. The van der Waals surface area contributed by atoms with Crippen LogP contribution in [0.1, 0.15) is 10.5 Å². The summed E-state index contributed by atoms with van der Waals surface area (Å²) in [6, 6.07) is 13.2. The molecular weight excluding hydrogens is 326 g/mol. The fraction of sp³-hybridized carbons (Fsp3) is 0.222. The van der Waals surface area contributed by atoms with Gasteiger partial charge in [0, 0.05) is 29.9 Å². The summed E-state index contributed by atoms with van der Waals surface area (Å²) >= 11 is 6.00. The van der Waals surface area contributed by atoms with E-state index in [1.807, 2.05) is 53.1 Å². The maximum absolute atomic E-state index is 13.0. The second-order valence-corrected chi connectivity index (χ2v) is 6.09. The van der Waals surface area contributed by atoms with Crippen LogP contribution in [-0.2, 0) is 4.74 Å². The van der Waals surface area contributed by atoms with E-state index >= 15 is 0 Å². The van der Waals surface area contributed by atoms with Crippen LogP contribution in [0.5, 0.6) is 0 Å². The lowest BCUT2D eigenvalue weighted by molar-refractivity contribution is 0.0300. The topological polar surface area (TPSA) is 46.8 Å². The largest absolute Gasteiger partial charge is 0.378 e. The molecule has 5 nitrogen and oxygen atoms in total. The molecule has 0 radical (unpaired) electrons. The summed E-state index contributed by atoms with van der Waals surface area (Å²) in [6.07, 6.45) is 1.92. The Balaban J connectivity index is 1.86. The molecule has 0 saturated carbocycles. The van der Waals surface area contributed by atoms with Gasteiger partial charge in [-0.1, -0.05) is 29.8 Å². The highest BCUT2D eigenvalue weighted by atomic mass is 35.5. The van der Waals surface area contributed by atoms with Gasteiger partial charge in [0.15, 0.2) is 5.69 Å². The Morgan fingerprint density at radius 2 is 1.83 bits per heavy atom. The Kier molecular flexibility index (Phi) is 3.96. The van der Waals surface area contributed by atoms with Gasteiger partial charge in [0.25, 0.3) is 5.91 Å². The molecule has 24 heavy (non-hydrogen) atoms. The van der Waals surface area contributed by atoms with Crippen LogP contribution in [-0.4, -0.2) is 46.5 Å². The number of benzene rings is 1. The van der Waals surface area contributed by atoms with E-state index in [4.69, 9.17) is 16.3 Å². The van der Waals surface area contributed by atoms with Crippen LogP contribution < -0.4 is 0 Å². The standard InChI is InChI=1S/C18H16ClN3O2/c19-14-6-4-13(5-7-14)17-16(18(23)21-9-11-24-12-10-21)20-15-3-1-2-8-22(15)17/h1-8H,9-12H2. The predicted molar refractivity (Wildman–Crippen MR) is 92.4 cm³/mol. The number of carbonyl (C=O) groups excluding carboxylic acids is 1. The molecule has 0 spiro atoms. The Bertz CT molecular complexity index is 883. The number of pyridine rings is 1. The van der Waals surface area contributed by atoms with Crippen molar-refractivity contribution >= 4 is 23.2 Å². The van der Waals surface area contributed by atoms with E-state index in [1.165, 1.54) is 0 Å². The number of imidazole rings is 1. The molecule has 4 rings (SSSR count). The lowest BCUT2D eigenvalue weighted by atomic mass is 10.1. The first-order chi connectivity index (χ1) is 11.7. The number of rotatable bonds is 2. The summed E-state index contributed by atoms with van der Waals surface area (Å²) in [4.78, 5) is 19.4. The van der Waals surface area contributed by atoms with Crippen LogP contribution in [0.25, 0.3) is 16.9 Å². The molecule has 3 heterocycles. The van der Waals surface area contributed by atoms with Gasteiger partial charge in [0.1, 0.15) is 5.65 Å². The van der Waals surface area contributed by atoms with Crippen molar-refractivity contribution in [1.29, 1.82) is 0 Å². The molecule has 1 aliphatic rings. The molecule has 0 aliphatic carbocycles. The highest BCUT2D eigenvalue weighted by Gasteiger charge is 2.26. The summed E-state index contributed by atoms with van der Waals surface area (Å²) in [5.41, 5.74) is 2.91. The van der Waals surface area contributed by atoms with Gasteiger partial charge in [-0.15, -0.1) is 0 Å². The predicted octanol–water partition coefficient (Wildman–Crippen LogP) is 3.13. The molecule has 1 aromatic carbocycles. The Hall–Kier alpha value is -2.37. The monoisotopic (exact) mass is 341 g/mol. The maximum atomic E-state index is 13.0. The first-order valence-electron chi connectivity index (χ1n) is 7.84.